The van der Waals surface area contributed by atoms with E-state index in [1.807, 2.05) is 71.9 Å². The second kappa shape index (κ2) is 14.1. The van der Waals surface area contributed by atoms with Crippen LogP contribution in [0.15, 0.2) is 65.9 Å². The first-order valence-electron chi connectivity index (χ1n) is 13.2. The number of anilines is 2. The van der Waals surface area contributed by atoms with Crippen molar-refractivity contribution in [1.82, 2.24) is 24.5 Å². The molecule has 40 heavy (non-hydrogen) atoms. The van der Waals surface area contributed by atoms with E-state index in [-0.39, 0.29) is 11.4 Å². The normalized spacial score (nSPS) is 11.9. The fourth-order valence-corrected chi connectivity index (χ4v) is 4.22. The van der Waals surface area contributed by atoms with Gasteiger partial charge in [0.05, 0.1) is 22.0 Å². The molecule has 9 heteroatoms. The van der Waals surface area contributed by atoms with E-state index in [0.29, 0.717) is 45.2 Å². The van der Waals surface area contributed by atoms with Crippen molar-refractivity contribution in [3.63, 3.8) is 0 Å². The third kappa shape index (κ3) is 6.56. The van der Waals surface area contributed by atoms with E-state index in [1.165, 1.54) is 6.33 Å². The van der Waals surface area contributed by atoms with E-state index in [9.17, 15) is 4.79 Å². The molecular weight excluding hydrogens is 522 g/mol. The lowest BCUT2D eigenvalue weighted by atomic mass is 10.1. The van der Waals surface area contributed by atoms with E-state index in [0.717, 1.165) is 11.3 Å². The molecule has 0 saturated carbocycles. The Morgan fingerprint density at radius 3 is 2.65 bits per heavy atom. The highest BCUT2D eigenvalue weighted by molar-refractivity contribution is 6.35. The molecule has 0 radical (unpaired) electrons. The molecule has 8 nitrogen and oxygen atoms in total. The molecule has 0 spiro atoms. The van der Waals surface area contributed by atoms with Gasteiger partial charge in [0, 0.05) is 11.9 Å². The highest BCUT2D eigenvalue weighted by Gasteiger charge is 2.21. The Hall–Kier alpha value is -4.48. The maximum Gasteiger partial charge on any atom is 0.267 e. The largest absolute Gasteiger partial charge is 0.382 e. The molecule has 0 aliphatic rings. The number of nitrogens with two attached hydrogens (primary N) is 1. The Morgan fingerprint density at radius 1 is 1.18 bits per heavy atom. The van der Waals surface area contributed by atoms with Crippen LogP contribution in [0.3, 0.4) is 0 Å². The number of nitrogens with zero attached hydrogens (tertiary/aromatic N) is 5. The van der Waals surface area contributed by atoms with E-state index in [2.05, 4.69) is 32.1 Å². The predicted molar refractivity (Wildman–Crippen MR) is 165 cm³/mol. The van der Waals surface area contributed by atoms with Crippen molar-refractivity contribution in [2.24, 2.45) is 0 Å². The standard InChI is InChI=1S/C29H28ClN7O.C2H6/c1-5-7-11-20(6-2)37-28(36-24-13-8-12-22(30)25(24)29(37)38)19(4)35-27-21(26(31)33-17-34-27)14-15-23-18(3)10-9-16-32-23;1-2/h5,7-13,16-17,19H,6H2,1-4H3,(H3,31,33,34,35);1-2H3/b7-5-,20-11+;. The molecule has 0 amide bonds. The van der Waals surface area contributed by atoms with E-state index < -0.39 is 6.04 Å². The molecule has 1 unspecified atom stereocenters. The maximum absolute atomic E-state index is 13.8. The molecule has 4 aromatic rings. The summed E-state index contributed by atoms with van der Waals surface area (Å²) >= 11 is 6.43. The highest BCUT2D eigenvalue weighted by atomic mass is 35.5. The molecule has 206 valence electrons. The van der Waals surface area contributed by atoms with Gasteiger partial charge in [0.15, 0.2) is 0 Å². The predicted octanol–water partition coefficient (Wildman–Crippen LogP) is 6.55. The number of nitrogen functional groups attached to an aromatic ring is 1. The summed E-state index contributed by atoms with van der Waals surface area (Å²) in [5.74, 6) is 7.28. The average Bonchev–Trinajstić information content (AvgIpc) is 2.95. The minimum absolute atomic E-state index is 0.230. The number of hydrogen-bond acceptors (Lipinski definition) is 7. The molecule has 4 rings (SSSR count). The molecule has 1 aromatic carbocycles. The summed E-state index contributed by atoms with van der Waals surface area (Å²) in [5, 5.41) is 4.07. The summed E-state index contributed by atoms with van der Waals surface area (Å²) < 4.78 is 1.61. The molecule has 0 bridgehead atoms. The molecule has 3 N–H and O–H groups in total. The van der Waals surface area contributed by atoms with Crippen molar-refractivity contribution in [3.05, 3.63) is 99.1 Å². The van der Waals surface area contributed by atoms with Crippen LogP contribution in [0.2, 0.25) is 5.02 Å². The van der Waals surface area contributed by atoms with Gasteiger partial charge in [0.25, 0.3) is 5.56 Å². The van der Waals surface area contributed by atoms with Gasteiger partial charge in [0.1, 0.15) is 35.0 Å². The van der Waals surface area contributed by atoms with Gasteiger partial charge in [-0.2, -0.15) is 0 Å². The van der Waals surface area contributed by atoms with Crippen LogP contribution in [0.1, 0.15) is 69.7 Å². The lowest BCUT2D eigenvalue weighted by molar-refractivity contribution is 0.729. The van der Waals surface area contributed by atoms with Gasteiger partial charge in [0.2, 0.25) is 0 Å². The molecule has 1 atom stereocenters. The fraction of sp³-hybridized carbons (Fsp3) is 0.258. The van der Waals surface area contributed by atoms with Crippen LogP contribution in [0.5, 0.6) is 0 Å². The molecule has 0 aliphatic heterocycles. The summed E-state index contributed by atoms with van der Waals surface area (Å²) in [5.41, 5.74) is 9.25. The van der Waals surface area contributed by atoms with Crippen LogP contribution in [0, 0.1) is 18.8 Å². The van der Waals surface area contributed by atoms with Crippen molar-refractivity contribution in [3.8, 4) is 11.8 Å². The van der Waals surface area contributed by atoms with Crippen LogP contribution >= 0.6 is 11.6 Å². The number of halogens is 1. The van der Waals surface area contributed by atoms with Crippen molar-refractivity contribution in [2.75, 3.05) is 11.1 Å². The van der Waals surface area contributed by atoms with Gasteiger partial charge in [-0.1, -0.05) is 62.6 Å². The third-order valence-corrected chi connectivity index (χ3v) is 6.25. The SMILES string of the molecule is C/C=C\C=C(/CC)n1c(C(C)Nc2ncnc(N)c2C#Cc2ncccc2C)nc2cccc(Cl)c2c1=O.CC. The molecule has 0 aliphatic carbocycles. The highest BCUT2D eigenvalue weighted by Crippen LogP contribution is 2.26. The second-order valence-electron chi connectivity index (χ2n) is 8.55. The topological polar surface area (TPSA) is 112 Å². The number of aromatic nitrogens is 5. The Morgan fingerprint density at radius 2 is 1.95 bits per heavy atom. The smallest absolute Gasteiger partial charge is 0.267 e. The second-order valence-corrected chi connectivity index (χ2v) is 8.96. The number of rotatable bonds is 6. The van der Waals surface area contributed by atoms with Gasteiger partial charge < -0.3 is 11.1 Å². The minimum atomic E-state index is -0.460. The molecule has 0 saturated heterocycles. The Labute approximate surface area is 240 Å². The van der Waals surface area contributed by atoms with Crippen molar-refractivity contribution in [2.45, 2.75) is 54.0 Å². The molecule has 3 heterocycles. The zero-order valence-electron chi connectivity index (χ0n) is 23.7. The Kier molecular flexibility index (Phi) is 10.6. The lowest BCUT2D eigenvalue weighted by Crippen LogP contribution is -2.28. The zero-order chi connectivity index (χ0) is 29.2. The van der Waals surface area contributed by atoms with E-state index in [4.69, 9.17) is 22.3 Å². The summed E-state index contributed by atoms with van der Waals surface area (Å²) in [6, 6.07) is 8.58. The van der Waals surface area contributed by atoms with Crippen LogP contribution in [0.25, 0.3) is 16.6 Å². The van der Waals surface area contributed by atoms with Gasteiger partial charge in [-0.15, -0.1) is 0 Å². The van der Waals surface area contributed by atoms with Gasteiger partial charge in [-0.3, -0.25) is 9.36 Å². The molecule has 3 aromatic heterocycles. The van der Waals surface area contributed by atoms with Crippen LogP contribution < -0.4 is 16.6 Å². The molecule has 0 fully saturated rings. The van der Waals surface area contributed by atoms with Crippen LogP contribution in [-0.2, 0) is 0 Å². The number of nitrogens with one attached hydrogen (secondary N) is 1. The first-order chi connectivity index (χ1) is 19.3. The average molecular weight is 556 g/mol. The number of benzene rings is 1. The summed E-state index contributed by atoms with van der Waals surface area (Å²) in [6.45, 7) is 11.7. The van der Waals surface area contributed by atoms with Crippen LogP contribution in [-0.4, -0.2) is 24.5 Å². The zero-order valence-corrected chi connectivity index (χ0v) is 24.4. The Balaban J connectivity index is 0.00000216. The van der Waals surface area contributed by atoms with Gasteiger partial charge >= 0.3 is 0 Å². The quantitative estimate of drug-likeness (QED) is 0.205. The van der Waals surface area contributed by atoms with E-state index in [1.54, 1.807) is 29.0 Å². The fourth-order valence-electron chi connectivity index (χ4n) is 3.97. The first kappa shape index (κ1) is 30.1. The minimum Gasteiger partial charge on any atom is -0.382 e. The monoisotopic (exact) mass is 555 g/mol. The van der Waals surface area contributed by atoms with Crippen molar-refractivity contribution < 1.29 is 0 Å². The lowest BCUT2D eigenvalue weighted by Gasteiger charge is -2.22. The summed E-state index contributed by atoms with van der Waals surface area (Å²) in [4.78, 5) is 31.5. The first-order valence-corrected chi connectivity index (χ1v) is 13.6. The van der Waals surface area contributed by atoms with Crippen molar-refractivity contribution >= 4 is 39.8 Å². The Bertz CT molecular complexity index is 1680. The summed E-state index contributed by atoms with van der Waals surface area (Å²) in [7, 11) is 0. The van der Waals surface area contributed by atoms with Gasteiger partial charge in [-0.25, -0.2) is 19.9 Å². The van der Waals surface area contributed by atoms with Crippen molar-refractivity contribution in [1.29, 1.82) is 0 Å². The molecular formula is C31H34ClN7O. The third-order valence-electron chi connectivity index (χ3n) is 5.94. The number of aryl methyl sites for hydroxylation is 1. The number of hydrogen-bond donors (Lipinski definition) is 2. The summed E-state index contributed by atoms with van der Waals surface area (Å²) in [6.07, 6.45) is 9.35. The number of allylic oxidation sites excluding steroid dienone is 4. The number of fused-ring (bicyclic) bond motifs is 1. The van der Waals surface area contributed by atoms with E-state index >= 15 is 0 Å². The van der Waals surface area contributed by atoms with Gasteiger partial charge in [-0.05, 0) is 63.0 Å². The number of pyridine rings is 1. The van der Waals surface area contributed by atoms with Crippen LogP contribution in [0.4, 0.5) is 11.6 Å². The maximum atomic E-state index is 13.8.